The molecule has 0 bridgehead atoms. The topological polar surface area (TPSA) is 66.0 Å². The van der Waals surface area contributed by atoms with Gasteiger partial charge in [-0.2, -0.15) is 0 Å². The van der Waals surface area contributed by atoms with Crippen LogP contribution in [0.5, 0.6) is 0 Å². The summed E-state index contributed by atoms with van der Waals surface area (Å²) in [6.07, 6.45) is 5.64. The van der Waals surface area contributed by atoms with Crippen molar-refractivity contribution < 1.29 is 9.90 Å². The molecule has 4 heteroatoms. The van der Waals surface area contributed by atoms with E-state index in [0.717, 1.165) is 12.0 Å². The van der Waals surface area contributed by atoms with Gasteiger partial charge in [-0.1, -0.05) is 45.4 Å². The van der Waals surface area contributed by atoms with E-state index in [2.05, 4.69) is 63.6 Å². The normalized spacial score (nSPS) is 18.5. The number of carboxylic acid groups (broad SMARTS) is 1. The second kappa shape index (κ2) is 6.11. The molecule has 0 saturated carbocycles. The maximum atomic E-state index is 11.1. The molecule has 0 unspecified atom stereocenters. The molecular formula is C22H28N2O2. The first-order chi connectivity index (χ1) is 12.0. The average Bonchev–Trinajstić information content (AvgIpc) is 3.00. The van der Waals surface area contributed by atoms with Crippen molar-refractivity contribution >= 4 is 17.6 Å². The number of carbonyl (C=O) groups is 1. The van der Waals surface area contributed by atoms with E-state index in [9.17, 15) is 4.79 Å². The van der Waals surface area contributed by atoms with Crippen molar-refractivity contribution in [2.24, 2.45) is 0 Å². The van der Waals surface area contributed by atoms with Crippen molar-refractivity contribution in [3.63, 3.8) is 0 Å². The fraction of sp³-hybridized carbons (Fsp3) is 0.455. The van der Waals surface area contributed by atoms with Gasteiger partial charge in [0, 0.05) is 0 Å². The molecule has 0 aliphatic heterocycles. The molecule has 138 valence electrons. The second-order valence-electron chi connectivity index (χ2n) is 8.82. The van der Waals surface area contributed by atoms with E-state index >= 15 is 0 Å². The van der Waals surface area contributed by atoms with Crippen LogP contribution in [0, 0.1) is 6.92 Å². The summed E-state index contributed by atoms with van der Waals surface area (Å²) in [5.41, 5.74) is 6.82. The number of hydrogen-bond donors (Lipinski definition) is 2. The number of aromatic amines is 1. The lowest BCUT2D eigenvalue weighted by molar-refractivity contribution is 0.0691. The highest BCUT2D eigenvalue weighted by molar-refractivity contribution is 5.86. The van der Waals surface area contributed by atoms with Crippen LogP contribution in [-0.2, 0) is 10.8 Å². The van der Waals surface area contributed by atoms with E-state index in [1.54, 1.807) is 0 Å². The molecule has 2 aromatic rings. The summed E-state index contributed by atoms with van der Waals surface area (Å²) < 4.78 is 0. The molecular weight excluding hydrogens is 324 g/mol. The molecule has 4 nitrogen and oxygen atoms in total. The molecule has 0 radical (unpaired) electrons. The number of allylic oxidation sites excluding steroid dienone is 1. The quantitative estimate of drug-likeness (QED) is 0.785. The maximum absolute atomic E-state index is 11.1. The third-order valence-corrected chi connectivity index (χ3v) is 5.67. The number of hydrogen-bond acceptors (Lipinski definition) is 2. The Kier molecular flexibility index (Phi) is 4.33. The smallest absolute Gasteiger partial charge is 0.353 e. The highest BCUT2D eigenvalue weighted by Crippen LogP contribution is 2.48. The zero-order chi connectivity index (χ0) is 19.3. The van der Waals surface area contributed by atoms with Gasteiger partial charge in [-0.25, -0.2) is 9.78 Å². The Morgan fingerprint density at radius 3 is 2.46 bits per heavy atom. The molecule has 0 fully saturated rings. The Bertz CT molecular complexity index is 901. The fourth-order valence-corrected chi connectivity index (χ4v) is 4.05. The third kappa shape index (κ3) is 3.20. The highest BCUT2D eigenvalue weighted by atomic mass is 16.4. The molecule has 1 aromatic heterocycles. The van der Waals surface area contributed by atoms with Crippen LogP contribution in [0.25, 0.3) is 11.6 Å². The van der Waals surface area contributed by atoms with Gasteiger partial charge in [0.05, 0.1) is 6.20 Å². The summed E-state index contributed by atoms with van der Waals surface area (Å²) in [5, 5.41) is 9.08. The van der Waals surface area contributed by atoms with Gasteiger partial charge in [-0.3, -0.25) is 0 Å². The van der Waals surface area contributed by atoms with E-state index in [0.29, 0.717) is 5.82 Å². The first-order valence-corrected chi connectivity index (χ1v) is 9.14. The summed E-state index contributed by atoms with van der Waals surface area (Å²) >= 11 is 0. The van der Waals surface area contributed by atoms with Gasteiger partial charge in [-0.05, 0) is 65.9 Å². The number of H-pyrrole nitrogens is 1. The standard InChI is InChI=1S/C22H28N2O2/c1-13-9-15(14(2)11-18-23-12-17(24-18)20(25)26)19-16(10-13)21(3,4)7-8-22(19,5)6/h9-12H,7-8H2,1-6H3,(H,23,24)(H,25,26)/b14-11+. The lowest BCUT2D eigenvalue weighted by Gasteiger charge is -2.43. The Hall–Kier alpha value is -2.36. The van der Waals surface area contributed by atoms with E-state index in [1.165, 1.54) is 34.9 Å². The molecule has 0 amide bonds. The van der Waals surface area contributed by atoms with Crippen LogP contribution in [-0.4, -0.2) is 21.0 Å². The zero-order valence-electron chi connectivity index (χ0n) is 16.5. The number of aryl methyl sites for hydroxylation is 1. The first-order valence-electron chi connectivity index (χ1n) is 9.14. The van der Waals surface area contributed by atoms with Crippen LogP contribution < -0.4 is 0 Å². The minimum Gasteiger partial charge on any atom is -0.477 e. The van der Waals surface area contributed by atoms with Crippen LogP contribution in [0.4, 0.5) is 0 Å². The first kappa shape index (κ1) is 18.4. The number of aromatic carboxylic acids is 1. The summed E-state index contributed by atoms with van der Waals surface area (Å²) in [6, 6.07) is 4.58. The minimum atomic E-state index is -0.995. The zero-order valence-corrected chi connectivity index (χ0v) is 16.5. The van der Waals surface area contributed by atoms with Crippen LogP contribution >= 0.6 is 0 Å². The van der Waals surface area contributed by atoms with Crippen molar-refractivity contribution in [2.45, 2.75) is 65.2 Å². The molecule has 1 aliphatic rings. The Labute approximate surface area is 155 Å². The molecule has 1 heterocycles. The second-order valence-corrected chi connectivity index (χ2v) is 8.82. The van der Waals surface area contributed by atoms with Crippen molar-refractivity contribution in [1.82, 2.24) is 9.97 Å². The lowest BCUT2D eigenvalue weighted by atomic mass is 9.61. The van der Waals surface area contributed by atoms with Crippen LogP contribution in [0.3, 0.4) is 0 Å². The van der Waals surface area contributed by atoms with Gasteiger partial charge in [-0.15, -0.1) is 0 Å². The van der Waals surface area contributed by atoms with Gasteiger partial charge < -0.3 is 10.1 Å². The van der Waals surface area contributed by atoms with Crippen LogP contribution in [0.1, 0.15) is 86.0 Å². The predicted octanol–water partition coefficient (Wildman–Crippen LogP) is 5.33. The lowest BCUT2D eigenvalue weighted by Crippen LogP contribution is -2.35. The van der Waals surface area contributed by atoms with Crippen LogP contribution in [0.2, 0.25) is 0 Å². The largest absolute Gasteiger partial charge is 0.477 e. The predicted molar refractivity (Wildman–Crippen MR) is 106 cm³/mol. The molecule has 1 aromatic carbocycles. The summed E-state index contributed by atoms with van der Waals surface area (Å²) in [4.78, 5) is 18.1. The molecule has 26 heavy (non-hydrogen) atoms. The molecule has 0 atom stereocenters. The van der Waals surface area contributed by atoms with E-state index in [1.807, 2.05) is 6.08 Å². The number of imidazole rings is 1. The summed E-state index contributed by atoms with van der Waals surface area (Å²) in [7, 11) is 0. The van der Waals surface area contributed by atoms with Gasteiger partial charge in [0.15, 0.2) is 0 Å². The van der Waals surface area contributed by atoms with Gasteiger partial charge in [0.2, 0.25) is 0 Å². The Morgan fingerprint density at radius 1 is 1.19 bits per heavy atom. The monoisotopic (exact) mass is 352 g/mol. The third-order valence-electron chi connectivity index (χ3n) is 5.67. The highest BCUT2D eigenvalue weighted by Gasteiger charge is 2.38. The van der Waals surface area contributed by atoms with Gasteiger partial charge >= 0.3 is 5.97 Å². The van der Waals surface area contributed by atoms with E-state index in [-0.39, 0.29) is 16.5 Å². The van der Waals surface area contributed by atoms with Crippen LogP contribution in [0.15, 0.2) is 18.3 Å². The maximum Gasteiger partial charge on any atom is 0.353 e. The molecule has 1 aliphatic carbocycles. The average molecular weight is 352 g/mol. The Morgan fingerprint density at radius 2 is 1.85 bits per heavy atom. The molecule has 0 saturated heterocycles. The Balaban J connectivity index is 2.17. The van der Waals surface area contributed by atoms with E-state index in [4.69, 9.17) is 5.11 Å². The van der Waals surface area contributed by atoms with Crippen molar-refractivity contribution in [2.75, 3.05) is 0 Å². The number of nitrogens with one attached hydrogen (secondary N) is 1. The minimum absolute atomic E-state index is 0.108. The number of benzene rings is 1. The van der Waals surface area contributed by atoms with Gasteiger partial charge in [0.25, 0.3) is 0 Å². The number of carboxylic acids is 1. The number of aromatic nitrogens is 2. The number of nitrogens with zero attached hydrogens (tertiary/aromatic N) is 1. The molecule has 3 rings (SSSR count). The molecule has 0 spiro atoms. The SMILES string of the molecule is C/C(=C\c1ncc(C(=O)O)[nH]1)c1cc(C)cc2c1C(C)(C)CCC2(C)C. The number of fused-ring (bicyclic) bond motifs is 1. The van der Waals surface area contributed by atoms with Crippen molar-refractivity contribution in [3.05, 3.63) is 52.1 Å². The van der Waals surface area contributed by atoms with Gasteiger partial charge in [0.1, 0.15) is 11.5 Å². The van der Waals surface area contributed by atoms with E-state index < -0.39 is 5.97 Å². The summed E-state index contributed by atoms with van der Waals surface area (Å²) in [6.45, 7) is 13.5. The number of rotatable bonds is 3. The fourth-order valence-electron chi connectivity index (χ4n) is 4.05. The van der Waals surface area contributed by atoms with Crippen molar-refractivity contribution in [1.29, 1.82) is 0 Å². The van der Waals surface area contributed by atoms with Crippen molar-refractivity contribution in [3.8, 4) is 0 Å². The summed E-state index contributed by atoms with van der Waals surface area (Å²) in [5.74, 6) is -0.423. The molecule has 2 N–H and O–H groups in total.